The molecule has 6 heteroatoms. The van der Waals surface area contributed by atoms with Crippen LogP contribution in [0.1, 0.15) is 22.3 Å². The van der Waals surface area contributed by atoms with Gasteiger partial charge in [-0.2, -0.15) is 0 Å². The largest absolute Gasteiger partial charge is 0.375 e. The quantitative estimate of drug-likeness (QED) is 0.805. The number of carbonyl (C=O) groups is 1. The normalized spacial score (nSPS) is 21.8. The smallest absolute Gasteiger partial charge is 0.266 e. The fourth-order valence-electron chi connectivity index (χ4n) is 2.19. The Labute approximate surface area is 105 Å². The van der Waals surface area contributed by atoms with Crippen LogP contribution in [-0.4, -0.2) is 53.4 Å². The number of piperazine rings is 1. The first kappa shape index (κ1) is 12.3. The molecular formula is C11H18N4OS. The van der Waals surface area contributed by atoms with E-state index < -0.39 is 0 Å². The molecule has 0 radical (unpaired) electrons. The third kappa shape index (κ3) is 2.42. The number of nitrogen functional groups attached to an aromatic ring is 1. The second-order valence-electron chi connectivity index (χ2n) is 4.58. The molecule has 1 aromatic heterocycles. The van der Waals surface area contributed by atoms with E-state index in [9.17, 15) is 4.79 Å². The minimum atomic E-state index is 0.0669. The maximum Gasteiger partial charge on any atom is 0.266 e. The number of hydrogen-bond acceptors (Lipinski definition) is 5. The summed E-state index contributed by atoms with van der Waals surface area (Å²) < 4.78 is 0. The van der Waals surface area contributed by atoms with Gasteiger partial charge in [-0.25, -0.2) is 4.98 Å². The topological polar surface area (TPSA) is 62.5 Å². The van der Waals surface area contributed by atoms with Crippen LogP contribution >= 0.6 is 11.3 Å². The lowest BCUT2D eigenvalue weighted by Gasteiger charge is -2.38. The van der Waals surface area contributed by atoms with Crippen molar-refractivity contribution in [3.8, 4) is 0 Å². The van der Waals surface area contributed by atoms with E-state index in [1.807, 2.05) is 11.8 Å². The number of carbonyl (C=O) groups excluding carboxylic acids is 1. The Morgan fingerprint density at radius 3 is 2.76 bits per heavy atom. The van der Waals surface area contributed by atoms with Gasteiger partial charge in [-0.3, -0.25) is 4.79 Å². The molecule has 94 valence electrons. The Balaban J connectivity index is 2.17. The van der Waals surface area contributed by atoms with Crippen LogP contribution in [0.25, 0.3) is 0 Å². The van der Waals surface area contributed by atoms with Gasteiger partial charge in [-0.05, 0) is 20.9 Å². The first-order valence-corrected chi connectivity index (χ1v) is 6.53. The fraction of sp³-hybridized carbons (Fsp3) is 0.636. The zero-order valence-electron chi connectivity index (χ0n) is 10.4. The first-order valence-electron chi connectivity index (χ1n) is 5.71. The maximum absolute atomic E-state index is 12.4. The van der Waals surface area contributed by atoms with E-state index in [1.54, 1.807) is 0 Å². The van der Waals surface area contributed by atoms with E-state index in [0.717, 1.165) is 25.3 Å². The minimum Gasteiger partial charge on any atom is -0.375 e. The standard InChI is InChI=1S/C11H18N4OS/c1-7-6-14(3)4-5-15(7)10(16)9-8(2)13-11(12)17-9/h7H,4-6H2,1-3H3,(H2,12,13). The highest BCUT2D eigenvalue weighted by Gasteiger charge is 2.28. The summed E-state index contributed by atoms with van der Waals surface area (Å²) in [7, 11) is 2.08. The van der Waals surface area contributed by atoms with Crippen molar-refractivity contribution in [1.29, 1.82) is 0 Å². The van der Waals surface area contributed by atoms with Gasteiger partial charge >= 0.3 is 0 Å². The molecule has 1 unspecified atom stereocenters. The Morgan fingerprint density at radius 1 is 1.53 bits per heavy atom. The van der Waals surface area contributed by atoms with Crippen molar-refractivity contribution in [2.24, 2.45) is 0 Å². The number of hydrogen-bond donors (Lipinski definition) is 1. The van der Waals surface area contributed by atoms with Crippen molar-refractivity contribution in [1.82, 2.24) is 14.8 Å². The van der Waals surface area contributed by atoms with E-state index in [1.165, 1.54) is 11.3 Å². The molecule has 1 aliphatic rings. The van der Waals surface area contributed by atoms with Crippen LogP contribution in [0.4, 0.5) is 5.13 Å². The summed E-state index contributed by atoms with van der Waals surface area (Å²) in [6.45, 7) is 6.52. The van der Waals surface area contributed by atoms with Crippen molar-refractivity contribution >= 4 is 22.4 Å². The monoisotopic (exact) mass is 254 g/mol. The number of rotatable bonds is 1. The lowest BCUT2D eigenvalue weighted by molar-refractivity contribution is 0.0537. The van der Waals surface area contributed by atoms with Gasteiger partial charge in [0.05, 0.1) is 5.69 Å². The zero-order chi connectivity index (χ0) is 12.6. The van der Waals surface area contributed by atoms with Crippen LogP contribution in [-0.2, 0) is 0 Å². The molecule has 0 spiro atoms. The number of thiazole rings is 1. The second-order valence-corrected chi connectivity index (χ2v) is 5.61. The molecule has 2 rings (SSSR count). The average molecular weight is 254 g/mol. The van der Waals surface area contributed by atoms with Crippen LogP contribution in [0.5, 0.6) is 0 Å². The van der Waals surface area contributed by atoms with Gasteiger partial charge in [0.15, 0.2) is 5.13 Å². The number of aryl methyl sites for hydroxylation is 1. The van der Waals surface area contributed by atoms with Gasteiger partial charge in [0.1, 0.15) is 4.88 Å². The molecule has 0 aliphatic carbocycles. The lowest BCUT2D eigenvalue weighted by Crippen LogP contribution is -2.52. The minimum absolute atomic E-state index is 0.0669. The fourth-order valence-corrected chi connectivity index (χ4v) is 2.98. The molecule has 2 heterocycles. The van der Waals surface area contributed by atoms with E-state index in [4.69, 9.17) is 5.73 Å². The van der Waals surface area contributed by atoms with Crippen LogP contribution in [0, 0.1) is 6.92 Å². The average Bonchev–Trinajstić information content (AvgIpc) is 2.57. The van der Waals surface area contributed by atoms with Crippen molar-refractivity contribution < 1.29 is 4.79 Å². The molecule has 1 fully saturated rings. The van der Waals surface area contributed by atoms with Gasteiger partial charge in [-0.1, -0.05) is 11.3 Å². The Morgan fingerprint density at radius 2 is 2.24 bits per heavy atom. The Hall–Kier alpha value is -1.14. The third-order valence-corrected chi connectivity index (χ3v) is 4.07. The molecule has 17 heavy (non-hydrogen) atoms. The SMILES string of the molecule is Cc1nc(N)sc1C(=O)N1CCN(C)CC1C. The van der Waals surface area contributed by atoms with Gasteiger partial charge in [-0.15, -0.1) is 0 Å². The zero-order valence-corrected chi connectivity index (χ0v) is 11.3. The molecule has 1 saturated heterocycles. The predicted molar refractivity (Wildman–Crippen MR) is 69.3 cm³/mol. The van der Waals surface area contributed by atoms with E-state index in [-0.39, 0.29) is 11.9 Å². The summed E-state index contributed by atoms with van der Waals surface area (Å²) in [4.78, 5) is 21.3. The number of anilines is 1. The van der Waals surface area contributed by atoms with Crippen LogP contribution in [0.3, 0.4) is 0 Å². The summed E-state index contributed by atoms with van der Waals surface area (Å²) in [5, 5.41) is 0.465. The van der Waals surface area contributed by atoms with E-state index in [2.05, 4.69) is 23.9 Å². The van der Waals surface area contributed by atoms with Crippen molar-refractivity contribution in [3.05, 3.63) is 10.6 Å². The van der Waals surface area contributed by atoms with Crippen molar-refractivity contribution in [3.63, 3.8) is 0 Å². The molecule has 1 amide bonds. The highest BCUT2D eigenvalue weighted by atomic mass is 32.1. The Bertz CT molecular complexity index is 431. The predicted octanol–water partition coefficient (Wildman–Crippen LogP) is 0.810. The lowest BCUT2D eigenvalue weighted by atomic mass is 10.2. The molecular weight excluding hydrogens is 236 g/mol. The maximum atomic E-state index is 12.4. The Kier molecular flexibility index (Phi) is 3.35. The van der Waals surface area contributed by atoms with Crippen LogP contribution in [0.15, 0.2) is 0 Å². The molecule has 0 bridgehead atoms. The number of nitrogens with zero attached hydrogens (tertiary/aromatic N) is 3. The van der Waals surface area contributed by atoms with E-state index in [0.29, 0.717) is 10.0 Å². The van der Waals surface area contributed by atoms with Crippen molar-refractivity contribution in [2.75, 3.05) is 32.4 Å². The molecule has 1 aromatic rings. The summed E-state index contributed by atoms with van der Waals surface area (Å²) >= 11 is 1.28. The highest BCUT2D eigenvalue weighted by molar-refractivity contribution is 7.17. The number of nitrogens with two attached hydrogens (primary N) is 1. The first-order chi connectivity index (χ1) is 7.99. The number of amides is 1. The molecule has 0 aromatic carbocycles. The molecule has 2 N–H and O–H groups in total. The molecule has 1 aliphatic heterocycles. The van der Waals surface area contributed by atoms with Crippen LogP contribution < -0.4 is 5.73 Å². The number of likely N-dealkylation sites (N-methyl/N-ethyl adjacent to an activating group) is 1. The van der Waals surface area contributed by atoms with E-state index >= 15 is 0 Å². The van der Waals surface area contributed by atoms with Crippen molar-refractivity contribution in [2.45, 2.75) is 19.9 Å². The van der Waals surface area contributed by atoms with Gasteiger partial charge in [0.2, 0.25) is 0 Å². The summed E-state index contributed by atoms with van der Waals surface area (Å²) in [5.41, 5.74) is 6.37. The summed E-state index contributed by atoms with van der Waals surface area (Å²) in [5.74, 6) is 0.0669. The van der Waals surface area contributed by atoms with Gasteiger partial charge in [0.25, 0.3) is 5.91 Å². The summed E-state index contributed by atoms with van der Waals surface area (Å²) in [6.07, 6.45) is 0. The molecule has 1 atom stereocenters. The number of aromatic nitrogens is 1. The second kappa shape index (κ2) is 4.62. The third-order valence-electron chi connectivity index (χ3n) is 3.10. The van der Waals surface area contributed by atoms with Gasteiger partial charge < -0.3 is 15.5 Å². The molecule has 0 saturated carbocycles. The molecule has 5 nitrogen and oxygen atoms in total. The summed E-state index contributed by atoms with van der Waals surface area (Å²) in [6, 6.07) is 0.240. The van der Waals surface area contributed by atoms with Gasteiger partial charge in [0, 0.05) is 25.7 Å². The highest BCUT2D eigenvalue weighted by Crippen LogP contribution is 2.23. The van der Waals surface area contributed by atoms with Crippen LogP contribution in [0.2, 0.25) is 0 Å².